The molecule has 0 saturated carbocycles. The molecule has 0 amide bonds. The van der Waals surface area contributed by atoms with Crippen LogP contribution in [0.5, 0.6) is 0 Å². The molecule has 24 heavy (non-hydrogen) atoms. The molecule has 0 unspecified atom stereocenters. The van der Waals surface area contributed by atoms with E-state index in [4.69, 9.17) is 11.5 Å². The highest BCUT2D eigenvalue weighted by atomic mass is 32.2. The van der Waals surface area contributed by atoms with Gasteiger partial charge in [0.2, 0.25) is 0 Å². The first-order valence-corrected chi connectivity index (χ1v) is 8.27. The Morgan fingerprint density at radius 3 is 2.17 bits per heavy atom. The van der Waals surface area contributed by atoms with Crippen molar-refractivity contribution in [3.63, 3.8) is 0 Å². The maximum atomic E-state index is 14.1. The number of carbonyl (C=O) groups is 1. The van der Waals surface area contributed by atoms with Gasteiger partial charge in [0.1, 0.15) is 11.6 Å². The third-order valence-corrected chi connectivity index (χ3v) is 4.60. The van der Waals surface area contributed by atoms with E-state index in [1.54, 1.807) is 13.0 Å². The Morgan fingerprint density at radius 2 is 1.58 bits per heavy atom. The molecular weight excluding hydrogens is 334 g/mol. The minimum Gasteiger partial charge on any atom is -0.465 e. The van der Waals surface area contributed by atoms with Gasteiger partial charge in [-0.15, -0.1) is 0 Å². The number of benzene rings is 2. The number of nitrogen functional groups attached to an aromatic ring is 2. The van der Waals surface area contributed by atoms with Gasteiger partial charge in [-0.1, -0.05) is 0 Å². The average Bonchev–Trinajstić information content (AvgIpc) is 2.54. The fourth-order valence-corrected chi connectivity index (χ4v) is 3.14. The molecule has 0 aliphatic carbocycles. The predicted molar refractivity (Wildman–Crippen MR) is 92.7 cm³/mol. The molecule has 2 rings (SSSR count). The van der Waals surface area contributed by atoms with Crippen LogP contribution in [0.4, 0.5) is 20.2 Å². The number of ether oxygens (including phenoxy) is 1. The Balaban J connectivity index is 2.09. The van der Waals surface area contributed by atoms with Crippen LogP contribution in [-0.4, -0.2) is 13.1 Å². The summed E-state index contributed by atoms with van der Waals surface area (Å²) in [7, 11) is 1.20. The number of nitrogens with two attached hydrogens (primary N) is 2. The Morgan fingerprint density at radius 1 is 1.04 bits per heavy atom. The number of rotatable bonds is 5. The van der Waals surface area contributed by atoms with Crippen molar-refractivity contribution in [3.8, 4) is 0 Å². The van der Waals surface area contributed by atoms with Gasteiger partial charge >= 0.3 is 5.97 Å². The number of methoxy groups -OCH3 is 1. The molecule has 2 aromatic rings. The summed E-state index contributed by atoms with van der Waals surface area (Å²) in [6, 6.07) is 5.42. The summed E-state index contributed by atoms with van der Waals surface area (Å²) in [6.45, 7) is 1.73. The van der Waals surface area contributed by atoms with Crippen LogP contribution in [0.2, 0.25) is 0 Å². The summed E-state index contributed by atoms with van der Waals surface area (Å²) in [5.41, 5.74) is 13.7. The van der Waals surface area contributed by atoms with Crippen LogP contribution in [0.25, 0.3) is 0 Å². The van der Waals surface area contributed by atoms with Gasteiger partial charge in [-0.2, -0.15) is 11.8 Å². The summed E-state index contributed by atoms with van der Waals surface area (Å²) >= 11 is 1.32. The molecule has 0 aromatic heterocycles. The number of anilines is 2. The van der Waals surface area contributed by atoms with Crippen LogP contribution in [0.15, 0.2) is 24.3 Å². The first-order valence-electron chi connectivity index (χ1n) is 7.12. The predicted octanol–water partition coefficient (Wildman–Crippen LogP) is 3.66. The molecule has 0 bridgehead atoms. The number of thioether (sulfide) groups is 1. The minimum atomic E-state index is -0.692. The lowest BCUT2D eigenvalue weighted by Gasteiger charge is -2.10. The zero-order chi connectivity index (χ0) is 17.9. The van der Waals surface area contributed by atoms with Gasteiger partial charge in [-0.3, -0.25) is 0 Å². The molecule has 128 valence electrons. The fourth-order valence-electron chi connectivity index (χ4n) is 2.15. The Bertz CT molecular complexity index is 782. The van der Waals surface area contributed by atoms with Gasteiger partial charge in [0.05, 0.1) is 12.7 Å². The third-order valence-electron chi connectivity index (χ3n) is 3.57. The maximum Gasteiger partial charge on any atom is 0.340 e. The molecule has 7 heteroatoms. The lowest BCUT2D eigenvalue weighted by Crippen LogP contribution is -2.07. The Hall–Kier alpha value is -2.28. The van der Waals surface area contributed by atoms with Gasteiger partial charge in [0.25, 0.3) is 0 Å². The normalized spacial score (nSPS) is 10.7. The smallest absolute Gasteiger partial charge is 0.340 e. The van der Waals surface area contributed by atoms with E-state index in [1.165, 1.54) is 31.0 Å². The van der Waals surface area contributed by atoms with Crippen LogP contribution in [0.3, 0.4) is 0 Å². The van der Waals surface area contributed by atoms with E-state index in [9.17, 15) is 13.6 Å². The quantitative estimate of drug-likeness (QED) is 0.634. The molecule has 0 aliphatic rings. The van der Waals surface area contributed by atoms with Crippen LogP contribution < -0.4 is 11.5 Å². The number of aryl methyl sites for hydroxylation is 1. The molecule has 0 aliphatic heterocycles. The van der Waals surface area contributed by atoms with Crippen molar-refractivity contribution in [2.24, 2.45) is 0 Å². The minimum absolute atomic E-state index is 0.0129. The number of halogens is 2. The lowest BCUT2D eigenvalue weighted by atomic mass is 10.1. The number of hydrogen-bond acceptors (Lipinski definition) is 5. The fraction of sp³-hybridized carbons (Fsp3) is 0.235. The molecular formula is C17H18F2N2O2S. The second-order valence-corrected chi connectivity index (χ2v) is 6.30. The molecule has 0 radical (unpaired) electrons. The van der Waals surface area contributed by atoms with Crippen molar-refractivity contribution in [2.75, 3.05) is 18.6 Å². The molecule has 0 spiro atoms. The van der Waals surface area contributed by atoms with E-state index >= 15 is 0 Å². The highest BCUT2D eigenvalue weighted by Crippen LogP contribution is 2.26. The summed E-state index contributed by atoms with van der Waals surface area (Å²) < 4.78 is 32.5. The van der Waals surface area contributed by atoms with Crippen molar-refractivity contribution in [3.05, 3.63) is 58.2 Å². The first-order chi connectivity index (χ1) is 11.3. The van der Waals surface area contributed by atoms with Gasteiger partial charge < -0.3 is 16.2 Å². The van der Waals surface area contributed by atoms with Crippen LogP contribution >= 0.6 is 11.8 Å². The zero-order valence-corrected chi connectivity index (χ0v) is 14.2. The number of esters is 1. The molecule has 2 aromatic carbocycles. The third kappa shape index (κ3) is 3.97. The van der Waals surface area contributed by atoms with E-state index in [0.717, 1.165) is 6.07 Å². The van der Waals surface area contributed by atoms with E-state index in [2.05, 4.69) is 4.74 Å². The van der Waals surface area contributed by atoms with Crippen molar-refractivity contribution in [2.45, 2.75) is 18.4 Å². The van der Waals surface area contributed by atoms with Crippen molar-refractivity contribution in [1.29, 1.82) is 0 Å². The summed E-state index contributed by atoms with van der Waals surface area (Å²) in [4.78, 5) is 11.5. The first kappa shape index (κ1) is 18.1. The second kappa shape index (κ2) is 7.53. The van der Waals surface area contributed by atoms with Crippen molar-refractivity contribution >= 4 is 29.1 Å². The Labute approximate surface area is 143 Å². The van der Waals surface area contributed by atoms with Crippen LogP contribution in [0.1, 0.15) is 27.0 Å². The Kier molecular flexibility index (Phi) is 5.66. The zero-order valence-electron chi connectivity index (χ0n) is 13.4. The summed E-state index contributed by atoms with van der Waals surface area (Å²) in [6.07, 6.45) is 0. The van der Waals surface area contributed by atoms with E-state index < -0.39 is 11.8 Å². The molecule has 0 heterocycles. The van der Waals surface area contributed by atoms with E-state index in [1.807, 2.05) is 0 Å². The summed E-state index contributed by atoms with van der Waals surface area (Å²) in [5, 5.41) is 0. The highest BCUT2D eigenvalue weighted by Gasteiger charge is 2.15. The maximum absolute atomic E-state index is 14.1. The number of hydrogen-bond donors (Lipinski definition) is 2. The van der Waals surface area contributed by atoms with Crippen molar-refractivity contribution in [1.82, 2.24) is 0 Å². The average molecular weight is 352 g/mol. The second-order valence-electron chi connectivity index (χ2n) is 5.32. The molecule has 4 N–H and O–H groups in total. The van der Waals surface area contributed by atoms with Crippen LogP contribution in [0, 0.1) is 18.6 Å². The van der Waals surface area contributed by atoms with E-state index in [0.29, 0.717) is 28.1 Å². The summed E-state index contributed by atoms with van der Waals surface area (Å²) in [5.74, 6) is -0.960. The molecule has 0 saturated heterocycles. The highest BCUT2D eigenvalue weighted by molar-refractivity contribution is 7.97. The van der Waals surface area contributed by atoms with Gasteiger partial charge in [0.15, 0.2) is 0 Å². The van der Waals surface area contributed by atoms with Crippen molar-refractivity contribution < 1.29 is 18.3 Å². The van der Waals surface area contributed by atoms with Gasteiger partial charge in [0, 0.05) is 22.9 Å². The number of carbonyl (C=O) groups excluding carboxylic acids is 1. The molecule has 0 atom stereocenters. The standard InChI is InChI=1S/C17H18F2N2O2S/c1-9-3-13(18)10(4-15(9)20)7-24-8-11-5-16(21)12(6-14(11)19)17(22)23-2/h3-6H,7-8,20-21H2,1-2H3. The van der Waals surface area contributed by atoms with Crippen LogP contribution in [-0.2, 0) is 16.2 Å². The van der Waals surface area contributed by atoms with Gasteiger partial charge in [-0.25, -0.2) is 13.6 Å². The van der Waals surface area contributed by atoms with Gasteiger partial charge in [-0.05, 0) is 47.9 Å². The molecule has 4 nitrogen and oxygen atoms in total. The SMILES string of the molecule is COC(=O)c1cc(F)c(CSCc2cc(N)c(C)cc2F)cc1N. The lowest BCUT2D eigenvalue weighted by molar-refractivity contribution is 0.0601. The largest absolute Gasteiger partial charge is 0.465 e. The van der Waals surface area contributed by atoms with E-state index in [-0.39, 0.29) is 22.8 Å². The topological polar surface area (TPSA) is 78.3 Å². The monoisotopic (exact) mass is 352 g/mol. The molecule has 0 fully saturated rings.